The van der Waals surface area contributed by atoms with Gasteiger partial charge in [-0.3, -0.25) is 0 Å². The number of fused-ring (bicyclic) bond motifs is 1. The van der Waals surface area contributed by atoms with E-state index < -0.39 is 10.0 Å². The predicted octanol–water partition coefficient (Wildman–Crippen LogP) is 2.72. The fourth-order valence-electron chi connectivity index (χ4n) is 2.56. The molecule has 4 nitrogen and oxygen atoms in total. The zero-order chi connectivity index (χ0) is 15.7. The summed E-state index contributed by atoms with van der Waals surface area (Å²) in [4.78, 5) is 0.259. The molecule has 0 unspecified atom stereocenters. The SMILES string of the molecule is Cc1ccc(S(=O)(=O)n2cc(CCO)c3ccccc32)cc1. The van der Waals surface area contributed by atoms with E-state index in [1.165, 1.54) is 3.97 Å². The fourth-order valence-corrected chi connectivity index (χ4v) is 3.95. The monoisotopic (exact) mass is 315 g/mol. The molecule has 22 heavy (non-hydrogen) atoms. The van der Waals surface area contributed by atoms with E-state index in [0.717, 1.165) is 16.5 Å². The van der Waals surface area contributed by atoms with Crippen molar-refractivity contribution < 1.29 is 13.5 Å². The van der Waals surface area contributed by atoms with Crippen molar-refractivity contribution in [2.45, 2.75) is 18.2 Å². The summed E-state index contributed by atoms with van der Waals surface area (Å²) in [7, 11) is -3.64. The first-order chi connectivity index (χ1) is 10.5. The summed E-state index contributed by atoms with van der Waals surface area (Å²) in [6.45, 7) is 1.90. The molecule has 3 rings (SSSR count). The summed E-state index contributed by atoms with van der Waals surface area (Å²) in [5.74, 6) is 0. The lowest BCUT2D eigenvalue weighted by Crippen LogP contribution is -2.11. The van der Waals surface area contributed by atoms with E-state index in [4.69, 9.17) is 0 Å². The molecule has 2 aromatic carbocycles. The van der Waals surface area contributed by atoms with Crippen LogP contribution in [0.15, 0.2) is 59.6 Å². The third-order valence-corrected chi connectivity index (χ3v) is 5.41. The molecule has 0 aliphatic heterocycles. The van der Waals surface area contributed by atoms with Gasteiger partial charge in [0.2, 0.25) is 0 Å². The summed E-state index contributed by atoms with van der Waals surface area (Å²) in [6, 6.07) is 14.1. The first-order valence-electron chi connectivity index (χ1n) is 7.06. The first kappa shape index (κ1) is 14.8. The van der Waals surface area contributed by atoms with Crippen LogP contribution in [0.4, 0.5) is 0 Å². The molecule has 1 aromatic heterocycles. The van der Waals surface area contributed by atoms with Gasteiger partial charge < -0.3 is 5.11 Å². The van der Waals surface area contributed by atoms with Crippen LogP contribution in [-0.4, -0.2) is 24.1 Å². The van der Waals surface area contributed by atoms with Gasteiger partial charge in [0.25, 0.3) is 10.0 Å². The lowest BCUT2D eigenvalue weighted by Gasteiger charge is -2.07. The Morgan fingerprint density at radius 1 is 1.05 bits per heavy atom. The van der Waals surface area contributed by atoms with Crippen LogP contribution in [0.5, 0.6) is 0 Å². The molecule has 0 spiro atoms. The number of hydrogen-bond donors (Lipinski definition) is 1. The summed E-state index contributed by atoms with van der Waals surface area (Å²) < 4.78 is 27.1. The number of aliphatic hydroxyl groups excluding tert-OH is 1. The average molecular weight is 315 g/mol. The molecule has 114 valence electrons. The van der Waals surface area contributed by atoms with Gasteiger partial charge >= 0.3 is 0 Å². The quantitative estimate of drug-likeness (QED) is 0.805. The van der Waals surface area contributed by atoms with E-state index >= 15 is 0 Å². The number of hydrogen-bond acceptors (Lipinski definition) is 3. The van der Waals surface area contributed by atoms with Gasteiger partial charge in [-0.15, -0.1) is 0 Å². The predicted molar refractivity (Wildman–Crippen MR) is 86.5 cm³/mol. The van der Waals surface area contributed by atoms with Crippen LogP contribution in [0, 0.1) is 6.92 Å². The molecule has 0 fully saturated rings. The lowest BCUT2D eigenvalue weighted by atomic mass is 10.1. The third kappa shape index (κ3) is 2.42. The van der Waals surface area contributed by atoms with Crippen molar-refractivity contribution in [2.75, 3.05) is 6.61 Å². The fraction of sp³-hybridized carbons (Fsp3) is 0.176. The maximum atomic E-state index is 12.9. The smallest absolute Gasteiger partial charge is 0.268 e. The Morgan fingerprint density at radius 2 is 1.73 bits per heavy atom. The number of rotatable bonds is 4. The molecule has 0 saturated carbocycles. The van der Waals surface area contributed by atoms with Gasteiger partial charge in [-0.25, -0.2) is 12.4 Å². The summed E-state index contributed by atoms with van der Waals surface area (Å²) in [5.41, 5.74) is 2.47. The Labute approximate surface area is 129 Å². The molecule has 1 heterocycles. The van der Waals surface area contributed by atoms with Crippen LogP contribution in [0.2, 0.25) is 0 Å². The minimum atomic E-state index is -3.64. The van der Waals surface area contributed by atoms with Crippen LogP contribution >= 0.6 is 0 Å². The third-order valence-electron chi connectivity index (χ3n) is 3.72. The maximum Gasteiger partial charge on any atom is 0.268 e. The highest BCUT2D eigenvalue weighted by atomic mass is 32.2. The van der Waals surface area contributed by atoms with Crippen molar-refractivity contribution in [3.8, 4) is 0 Å². The van der Waals surface area contributed by atoms with Crippen LogP contribution in [0.3, 0.4) is 0 Å². The van der Waals surface area contributed by atoms with E-state index in [0.29, 0.717) is 11.9 Å². The second kappa shape index (κ2) is 5.59. The highest BCUT2D eigenvalue weighted by Gasteiger charge is 2.20. The highest BCUT2D eigenvalue weighted by molar-refractivity contribution is 7.90. The number of aryl methyl sites for hydroxylation is 1. The van der Waals surface area contributed by atoms with Gasteiger partial charge in [-0.2, -0.15) is 0 Å². The van der Waals surface area contributed by atoms with Crippen molar-refractivity contribution in [1.82, 2.24) is 3.97 Å². The second-order valence-electron chi connectivity index (χ2n) is 5.26. The summed E-state index contributed by atoms with van der Waals surface area (Å²) >= 11 is 0. The van der Waals surface area contributed by atoms with Gasteiger partial charge in [0.05, 0.1) is 10.4 Å². The number of para-hydroxylation sites is 1. The Kier molecular flexibility index (Phi) is 3.76. The van der Waals surface area contributed by atoms with Crippen LogP contribution in [-0.2, 0) is 16.4 Å². The minimum absolute atomic E-state index is 0.0153. The van der Waals surface area contributed by atoms with Crippen molar-refractivity contribution in [3.63, 3.8) is 0 Å². The van der Waals surface area contributed by atoms with Crippen molar-refractivity contribution in [2.24, 2.45) is 0 Å². The number of benzene rings is 2. The van der Waals surface area contributed by atoms with E-state index in [-0.39, 0.29) is 11.5 Å². The average Bonchev–Trinajstić information content (AvgIpc) is 2.88. The Morgan fingerprint density at radius 3 is 2.41 bits per heavy atom. The zero-order valence-corrected chi connectivity index (χ0v) is 13.0. The molecule has 0 radical (unpaired) electrons. The molecule has 0 aliphatic carbocycles. The van der Waals surface area contributed by atoms with Crippen molar-refractivity contribution >= 4 is 20.9 Å². The second-order valence-corrected chi connectivity index (χ2v) is 7.07. The Hall–Kier alpha value is -2.11. The molecule has 0 bridgehead atoms. The molecule has 0 saturated heterocycles. The number of nitrogens with zero attached hydrogens (tertiary/aromatic N) is 1. The van der Waals surface area contributed by atoms with E-state index in [1.807, 2.05) is 25.1 Å². The minimum Gasteiger partial charge on any atom is -0.396 e. The Balaban J connectivity index is 2.23. The van der Waals surface area contributed by atoms with Gasteiger partial charge in [0.1, 0.15) is 0 Å². The molecule has 3 aromatic rings. The number of aliphatic hydroxyl groups is 1. The first-order valence-corrected chi connectivity index (χ1v) is 8.50. The maximum absolute atomic E-state index is 12.9. The van der Waals surface area contributed by atoms with E-state index in [1.54, 1.807) is 36.5 Å². The van der Waals surface area contributed by atoms with Gasteiger partial charge in [0, 0.05) is 18.2 Å². The van der Waals surface area contributed by atoms with E-state index in [2.05, 4.69) is 0 Å². The standard InChI is InChI=1S/C17H17NO3S/c1-13-6-8-15(9-7-13)22(20,21)18-12-14(10-11-19)16-4-2-3-5-17(16)18/h2-9,12,19H,10-11H2,1H3. The molecule has 5 heteroatoms. The Bertz CT molecular complexity index is 909. The van der Waals surface area contributed by atoms with Crippen LogP contribution < -0.4 is 0 Å². The largest absolute Gasteiger partial charge is 0.396 e. The normalized spacial score (nSPS) is 11.9. The molecular weight excluding hydrogens is 298 g/mol. The van der Waals surface area contributed by atoms with Crippen molar-refractivity contribution in [1.29, 1.82) is 0 Å². The van der Waals surface area contributed by atoms with Gasteiger partial charge in [-0.05, 0) is 37.1 Å². The molecule has 0 amide bonds. The highest BCUT2D eigenvalue weighted by Crippen LogP contribution is 2.26. The zero-order valence-electron chi connectivity index (χ0n) is 12.2. The van der Waals surface area contributed by atoms with E-state index in [9.17, 15) is 13.5 Å². The topological polar surface area (TPSA) is 59.3 Å². The molecular formula is C17H17NO3S. The molecule has 0 aliphatic rings. The number of aromatic nitrogens is 1. The molecule has 1 N–H and O–H groups in total. The van der Waals surface area contributed by atoms with Crippen LogP contribution in [0.25, 0.3) is 10.9 Å². The lowest BCUT2D eigenvalue weighted by molar-refractivity contribution is 0.300. The van der Waals surface area contributed by atoms with Crippen LogP contribution in [0.1, 0.15) is 11.1 Å². The summed E-state index contributed by atoms with van der Waals surface area (Å²) in [5, 5.41) is 10.0. The van der Waals surface area contributed by atoms with Gasteiger partial charge in [0.15, 0.2) is 0 Å². The molecule has 0 atom stereocenters. The van der Waals surface area contributed by atoms with Crippen molar-refractivity contribution in [3.05, 3.63) is 65.9 Å². The summed E-state index contributed by atoms with van der Waals surface area (Å²) in [6.07, 6.45) is 2.03. The van der Waals surface area contributed by atoms with Gasteiger partial charge in [-0.1, -0.05) is 35.9 Å².